The quantitative estimate of drug-likeness (QED) is 0.671. The molecule has 0 saturated carbocycles. The average molecular weight is 288 g/mol. The smallest absolute Gasteiger partial charge is 0.273 e. The summed E-state index contributed by atoms with van der Waals surface area (Å²) in [5.74, 6) is -0.538. The van der Waals surface area contributed by atoms with Gasteiger partial charge in [0.1, 0.15) is 0 Å². The first-order valence-electron chi connectivity index (χ1n) is 6.22. The molecule has 2 rings (SSSR count). The van der Waals surface area contributed by atoms with Crippen LogP contribution >= 0.6 is 11.3 Å². The van der Waals surface area contributed by atoms with E-state index >= 15 is 0 Å². The second kappa shape index (κ2) is 6.45. The van der Waals surface area contributed by atoms with Crippen molar-refractivity contribution in [2.45, 2.75) is 20.0 Å². The molecule has 0 unspecified atom stereocenters. The zero-order valence-electron chi connectivity index (χ0n) is 11.3. The van der Waals surface area contributed by atoms with Crippen molar-refractivity contribution in [1.29, 1.82) is 0 Å². The molecular formula is C15H16N2O2S. The number of hydrazone groups is 1. The summed E-state index contributed by atoms with van der Waals surface area (Å²) in [7, 11) is 0. The first-order valence-corrected chi connectivity index (χ1v) is 7.03. The molecule has 0 radical (unpaired) electrons. The van der Waals surface area contributed by atoms with Gasteiger partial charge in [-0.15, -0.1) is 11.3 Å². The number of aryl methyl sites for hydroxylation is 1. The molecule has 1 atom stereocenters. The molecule has 2 N–H and O–H groups in total. The number of aliphatic hydroxyl groups is 1. The maximum absolute atomic E-state index is 11.8. The molecule has 5 heteroatoms. The number of hydrogen-bond donors (Lipinski definition) is 2. The van der Waals surface area contributed by atoms with E-state index in [1.54, 1.807) is 35.6 Å². The predicted octanol–water partition coefficient (Wildman–Crippen LogP) is 2.63. The Labute approximate surface area is 121 Å². The highest BCUT2D eigenvalue weighted by Crippen LogP contribution is 2.16. The number of nitrogens with one attached hydrogen (secondary N) is 1. The molecule has 1 heterocycles. The fourth-order valence-corrected chi connectivity index (χ4v) is 2.48. The first kappa shape index (κ1) is 14.4. The van der Waals surface area contributed by atoms with Crippen molar-refractivity contribution in [3.8, 4) is 0 Å². The van der Waals surface area contributed by atoms with Crippen LogP contribution in [0.2, 0.25) is 0 Å². The molecule has 20 heavy (non-hydrogen) atoms. The minimum Gasteiger partial charge on any atom is -0.378 e. The van der Waals surface area contributed by atoms with Crippen LogP contribution in [0.25, 0.3) is 0 Å². The van der Waals surface area contributed by atoms with Gasteiger partial charge in [0.25, 0.3) is 5.91 Å². The van der Waals surface area contributed by atoms with Gasteiger partial charge in [0.2, 0.25) is 0 Å². The second-order valence-electron chi connectivity index (χ2n) is 4.40. The summed E-state index contributed by atoms with van der Waals surface area (Å²) >= 11 is 1.61. The van der Waals surface area contributed by atoms with Crippen molar-refractivity contribution in [2.24, 2.45) is 5.10 Å². The molecule has 104 valence electrons. The summed E-state index contributed by atoms with van der Waals surface area (Å²) < 4.78 is 0. The lowest BCUT2D eigenvalue weighted by molar-refractivity contribution is -0.129. The van der Waals surface area contributed by atoms with Crippen molar-refractivity contribution >= 4 is 23.0 Å². The Morgan fingerprint density at radius 2 is 1.95 bits per heavy atom. The summed E-state index contributed by atoms with van der Waals surface area (Å²) in [6.07, 6.45) is -1.21. The molecule has 1 amide bonds. The van der Waals surface area contributed by atoms with E-state index in [0.29, 0.717) is 5.56 Å². The Bertz CT molecular complexity index is 620. The zero-order chi connectivity index (χ0) is 14.5. The Morgan fingerprint density at radius 3 is 2.55 bits per heavy atom. The fraction of sp³-hybridized carbons (Fsp3) is 0.200. The molecule has 4 nitrogen and oxygen atoms in total. The number of benzene rings is 1. The predicted molar refractivity (Wildman–Crippen MR) is 80.8 cm³/mol. The number of amides is 1. The minimum atomic E-state index is -1.21. The maximum atomic E-state index is 11.8. The molecule has 0 aliphatic carbocycles. The van der Waals surface area contributed by atoms with Gasteiger partial charge >= 0.3 is 0 Å². The lowest BCUT2D eigenvalue weighted by Gasteiger charge is -2.09. The van der Waals surface area contributed by atoms with Crippen LogP contribution in [0.4, 0.5) is 0 Å². The van der Waals surface area contributed by atoms with E-state index < -0.39 is 12.0 Å². The van der Waals surface area contributed by atoms with Crippen LogP contribution in [0.1, 0.15) is 28.3 Å². The minimum absolute atomic E-state index is 0.538. The molecule has 1 aromatic heterocycles. The number of rotatable bonds is 4. The molecule has 0 fully saturated rings. The van der Waals surface area contributed by atoms with Gasteiger partial charge in [-0.25, -0.2) is 5.43 Å². The van der Waals surface area contributed by atoms with Crippen LogP contribution in [0.5, 0.6) is 0 Å². The van der Waals surface area contributed by atoms with Crippen molar-refractivity contribution in [1.82, 2.24) is 5.43 Å². The largest absolute Gasteiger partial charge is 0.378 e. The van der Waals surface area contributed by atoms with Crippen molar-refractivity contribution in [3.05, 3.63) is 57.8 Å². The molecule has 0 aliphatic rings. The molecule has 0 bridgehead atoms. The second-order valence-corrected chi connectivity index (χ2v) is 5.68. The number of carbonyl (C=O) groups excluding carboxylic acids is 1. The van der Waals surface area contributed by atoms with Gasteiger partial charge in [0, 0.05) is 4.88 Å². The van der Waals surface area contributed by atoms with Gasteiger partial charge < -0.3 is 5.11 Å². The monoisotopic (exact) mass is 288 g/mol. The summed E-state index contributed by atoms with van der Waals surface area (Å²) in [4.78, 5) is 14.0. The van der Waals surface area contributed by atoms with Crippen molar-refractivity contribution in [3.63, 3.8) is 0 Å². The number of aliphatic hydroxyl groups excluding tert-OH is 1. The van der Waals surface area contributed by atoms with Crippen molar-refractivity contribution < 1.29 is 9.90 Å². The molecule has 0 aliphatic heterocycles. The van der Waals surface area contributed by atoms with Crippen LogP contribution in [-0.4, -0.2) is 16.7 Å². The third kappa shape index (κ3) is 3.53. The third-order valence-corrected chi connectivity index (χ3v) is 3.90. The molecule has 0 saturated heterocycles. The lowest BCUT2D eigenvalue weighted by atomic mass is 10.1. The summed E-state index contributed by atoms with van der Waals surface area (Å²) in [5.41, 5.74) is 3.66. The highest BCUT2D eigenvalue weighted by Gasteiger charge is 2.16. The number of carbonyl (C=O) groups is 1. The summed E-state index contributed by atoms with van der Waals surface area (Å²) in [6.45, 7) is 3.83. The zero-order valence-corrected chi connectivity index (χ0v) is 12.1. The Hall–Kier alpha value is -1.98. The number of thiophene rings is 1. The SMILES string of the molecule is C/C(=N/NC(=O)[C@@H](O)c1ccccc1)c1ccc(C)s1. The topological polar surface area (TPSA) is 61.7 Å². The Balaban J connectivity index is 2.01. The van der Waals surface area contributed by atoms with Gasteiger partial charge in [0.15, 0.2) is 6.10 Å². The Morgan fingerprint density at radius 1 is 1.25 bits per heavy atom. The Kier molecular flexibility index (Phi) is 4.65. The molecule has 0 spiro atoms. The van der Waals surface area contributed by atoms with Gasteiger partial charge in [-0.2, -0.15) is 5.10 Å². The van der Waals surface area contributed by atoms with E-state index in [0.717, 1.165) is 10.6 Å². The van der Waals surface area contributed by atoms with E-state index in [-0.39, 0.29) is 0 Å². The van der Waals surface area contributed by atoms with Crippen LogP contribution in [0.3, 0.4) is 0 Å². The maximum Gasteiger partial charge on any atom is 0.273 e. The third-order valence-electron chi connectivity index (χ3n) is 2.79. The molecular weight excluding hydrogens is 272 g/mol. The van der Waals surface area contributed by atoms with Gasteiger partial charge in [0.05, 0.1) is 10.6 Å². The van der Waals surface area contributed by atoms with Gasteiger partial charge in [-0.05, 0) is 31.5 Å². The highest BCUT2D eigenvalue weighted by atomic mass is 32.1. The van der Waals surface area contributed by atoms with Crippen LogP contribution in [0.15, 0.2) is 47.6 Å². The lowest BCUT2D eigenvalue weighted by Crippen LogP contribution is -2.26. The first-order chi connectivity index (χ1) is 9.58. The van der Waals surface area contributed by atoms with E-state index in [2.05, 4.69) is 10.5 Å². The molecule has 2 aromatic rings. The van der Waals surface area contributed by atoms with Crippen molar-refractivity contribution in [2.75, 3.05) is 0 Å². The van der Waals surface area contributed by atoms with Crippen LogP contribution in [-0.2, 0) is 4.79 Å². The van der Waals surface area contributed by atoms with E-state index in [1.807, 2.05) is 32.0 Å². The molecule has 1 aromatic carbocycles. The van der Waals surface area contributed by atoms with Gasteiger partial charge in [-0.1, -0.05) is 30.3 Å². The number of hydrogen-bond acceptors (Lipinski definition) is 4. The van der Waals surface area contributed by atoms with Crippen LogP contribution < -0.4 is 5.43 Å². The summed E-state index contributed by atoms with van der Waals surface area (Å²) in [5, 5.41) is 13.9. The van der Waals surface area contributed by atoms with Crippen LogP contribution in [0, 0.1) is 6.92 Å². The fourth-order valence-electron chi connectivity index (χ4n) is 1.67. The highest BCUT2D eigenvalue weighted by molar-refractivity contribution is 7.14. The average Bonchev–Trinajstić information content (AvgIpc) is 2.91. The number of nitrogens with zero attached hydrogens (tertiary/aromatic N) is 1. The standard InChI is InChI=1S/C15H16N2O2S/c1-10-8-9-13(20-10)11(2)16-17-15(19)14(18)12-6-4-3-5-7-12/h3-9,14,18H,1-2H3,(H,17,19)/b16-11-/t14-/m0/s1. The van der Waals surface area contributed by atoms with Gasteiger partial charge in [-0.3, -0.25) is 4.79 Å². The summed E-state index contributed by atoms with van der Waals surface area (Å²) in [6, 6.07) is 12.7. The van der Waals surface area contributed by atoms with E-state index in [9.17, 15) is 9.90 Å². The normalized spacial score (nSPS) is 13.1. The van der Waals surface area contributed by atoms with E-state index in [1.165, 1.54) is 4.88 Å². The van der Waals surface area contributed by atoms with E-state index in [4.69, 9.17) is 0 Å².